The molecule has 1 aromatic carbocycles. The molecular weight excluding hydrogens is 232 g/mol. The molecule has 0 unspecified atom stereocenters. The highest BCUT2D eigenvalue weighted by atomic mass is 14.9. The molecule has 2 nitrogen and oxygen atoms in total. The van der Waals surface area contributed by atoms with Crippen LogP contribution in [-0.4, -0.2) is 17.6 Å². The lowest BCUT2D eigenvalue weighted by molar-refractivity contribution is 0.293. The Morgan fingerprint density at radius 2 is 1.89 bits per heavy atom. The fourth-order valence-corrected chi connectivity index (χ4v) is 2.75. The van der Waals surface area contributed by atoms with Crippen LogP contribution in [0.4, 0.5) is 0 Å². The molecule has 1 fully saturated rings. The Morgan fingerprint density at radius 3 is 2.63 bits per heavy atom. The number of rotatable bonds is 5. The number of pyridine rings is 1. The van der Waals surface area contributed by atoms with Gasteiger partial charge in [0.15, 0.2) is 0 Å². The summed E-state index contributed by atoms with van der Waals surface area (Å²) >= 11 is 0. The van der Waals surface area contributed by atoms with Crippen LogP contribution in [0.1, 0.15) is 29.9 Å². The van der Waals surface area contributed by atoms with Crippen molar-refractivity contribution in [2.24, 2.45) is 0 Å². The molecule has 0 atom stereocenters. The van der Waals surface area contributed by atoms with Gasteiger partial charge in [0.05, 0.1) is 0 Å². The zero-order valence-corrected chi connectivity index (χ0v) is 11.1. The fourth-order valence-electron chi connectivity index (χ4n) is 2.75. The molecule has 19 heavy (non-hydrogen) atoms. The van der Waals surface area contributed by atoms with Crippen LogP contribution in [0.3, 0.4) is 0 Å². The Morgan fingerprint density at radius 1 is 1.05 bits per heavy atom. The Bertz CT molecular complexity index is 489. The lowest BCUT2D eigenvalue weighted by Crippen LogP contribution is -2.40. The molecule has 3 rings (SSSR count). The van der Waals surface area contributed by atoms with E-state index in [1.54, 1.807) is 0 Å². The first-order chi connectivity index (χ1) is 9.42. The average molecular weight is 252 g/mol. The van der Waals surface area contributed by atoms with Gasteiger partial charge in [0.2, 0.25) is 0 Å². The molecule has 2 heteroatoms. The van der Waals surface area contributed by atoms with Crippen LogP contribution in [0.15, 0.2) is 54.9 Å². The quantitative estimate of drug-likeness (QED) is 0.884. The van der Waals surface area contributed by atoms with Gasteiger partial charge >= 0.3 is 0 Å². The van der Waals surface area contributed by atoms with Gasteiger partial charge in [-0.25, -0.2) is 0 Å². The standard InChI is InChI=1S/C17H20N2/c1-2-6-15(7-3-1)16-11-17(12-16)19-10-8-14-5-4-9-18-13-14/h1-7,9,13,16-17,19H,8,10-12H2. The topological polar surface area (TPSA) is 24.9 Å². The fraction of sp³-hybridized carbons (Fsp3) is 0.353. The van der Waals surface area contributed by atoms with Gasteiger partial charge in [0.1, 0.15) is 0 Å². The maximum absolute atomic E-state index is 4.14. The predicted molar refractivity (Wildman–Crippen MR) is 78.1 cm³/mol. The maximum atomic E-state index is 4.14. The van der Waals surface area contributed by atoms with Crippen molar-refractivity contribution < 1.29 is 0 Å². The summed E-state index contributed by atoms with van der Waals surface area (Å²) in [6, 6.07) is 15.7. The number of nitrogens with zero attached hydrogens (tertiary/aromatic N) is 1. The number of hydrogen-bond acceptors (Lipinski definition) is 2. The summed E-state index contributed by atoms with van der Waals surface area (Å²) in [5, 5.41) is 3.64. The maximum Gasteiger partial charge on any atom is 0.0300 e. The van der Waals surface area contributed by atoms with Crippen LogP contribution < -0.4 is 5.32 Å². The van der Waals surface area contributed by atoms with Crippen LogP contribution in [0.25, 0.3) is 0 Å². The molecule has 1 aliphatic rings. The third-order valence-corrected chi connectivity index (χ3v) is 3.98. The highest BCUT2D eigenvalue weighted by Gasteiger charge is 2.29. The van der Waals surface area contributed by atoms with E-state index in [0.717, 1.165) is 18.9 Å². The van der Waals surface area contributed by atoms with Gasteiger partial charge in [-0.1, -0.05) is 36.4 Å². The SMILES string of the molecule is c1ccc(C2CC(NCCc3cccnc3)C2)cc1. The van der Waals surface area contributed by atoms with E-state index in [4.69, 9.17) is 0 Å². The average Bonchev–Trinajstić information content (AvgIpc) is 2.43. The van der Waals surface area contributed by atoms with Crippen LogP contribution in [0, 0.1) is 0 Å². The molecule has 0 saturated heterocycles. The Balaban J connectivity index is 1.38. The van der Waals surface area contributed by atoms with Crippen molar-refractivity contribution >= 4 is 0 Å². The number of nitrogens with one attached hydrogen (secondary N) is 1. The largest absolute Gasteiger partial charge is 0.314 e. The molecule has 0 spiro atoms. The first kappa shape index (κ1) is 12.4. The first-order valence-electron chi connectivity index (χ1n) is 7.09. The van der Waals surface area contributed by atoms with Gasteiger partial charge in [0, 0.05) is 18.4 Å². The highest BCUT2D eigenvalue weighted by Crippen LogP contribution is 2.36. The molecule has 2 aromatic rings. The predicted octanol–water partition coefficient (Wildman–Crippen LogP) is 3.16. The molecule has 1 N–H and O–H groups in total. The van der Waals surface area contributed by atoms with Gasteiger partial charge in [-0.15, -0.1) is 0 Å². The van der Waals surface area contributed by atoms with Crippen LogP contribution in [0.2, 0.25) is 0 Å². The zero-order chi connectivity index (χ0) is 12.9. The Kier molecular flexibility index (Phi) is 3.89. The van der Waals surface area contributed by atoms with Crippen molar-refractivity contribution in [3.63, 3.8) is 0 Å². The molecule has 1 aromatic heterocycles. The van der Waals surface area contributed by atoms with Crippen LogP contribution >= 0.6 is 0 Å². The van der Waals surface area contributed by atoms with Crippen LogP contribution in [0.5, 0.6) is 0 Å². The monoisotopic (exact) mass is 252 g/mol. The van der Waals surface area contributed by atoms with Crippen molar-refractivity contribution in [3.8, 4) is 0 Å². The number of benzene rings is 1. The molecule has 1 saturated carbocycles. The summed E-state index contributed by atoms with van der Waals surface area (Å²) in [5.41, 5.74) is 2.81. The summed E-state index contributed by atoms with van der Waals surface area (Å²) in [6.45, 7) is 1.05. The van der Waals surface area contributed by atoms with E-state index in [9.17, 15) is 0 Å². The van der Waals surface area contributed by atoms with Gasteiger partial charge < -0.3 is 5.32 Å². The third-order valence-electron chi connectivity index (χ3n) is 3.98. The molecule has 0 radical (unpaired) electrons. The molecule has 0 aliphatic heterocycles. The summed E-state index contributed by atoms with van der Waals surface area (Å²) in [4.78, 5) is 4.14. The molecule has 0 amide bonds. The van der Waals surface area contributed by atoms with E-state index in [2.05, 4.69) is 46.7 Å². The summed E-state index contributed by atoms with van der Waals surface area (Å²) in [5.74, 6) is 0.761. The second-order valence-electron chi connectivity index (χ2n) is 5.34. The van der Waals surface area contributed by atoms with Crippen molar-refractivity contribution in [1.29, 1.82) is 0 Å². The number of aromatic nitrogens is 1. The molecule has 1 aliphatic carbocycles. The molecule has 0 bridgehead atoms. The van der Waals surface area contributed by atoms with Crippen molar-refractivity contribution in [2.75, 3.05) is 6.54 Å². The highest BCUT2D eigenvalue weighted by molar-refractivity contribution is 5.22. The van der Waals surface area contributed by atoms with E-state index >= 15 is 0 Å². The van der Waals surface area contributed by atoms with E-state index in [0.29, 0.717) is 6.04 Å². The smallest absolute Gasteiger partial charge is 0.0300 e. The minimum atomic E-state index is 0.696. The third kappa shape index (κ3) is 3.21. The minimum Gasteiger partial charge on any atom is -0.314 e. The molecule has 98 valence electrons. The van der Waals surface area contributed by atoms with E-state index in [-0.39, 0.29) is 0 Å². The summed E-state index contributed by atoms with van der Waals surface area (Å²) < 4.78 is 0. The Hall–Kier alpha value is -1.67. The summed E-state index contributed by atoms with van der Waals surface area (Å²) in [6.07, 6.45) is 7.40. The lowest BCUT2D eigenvalue weighted by atomic mass is 9.76. The van der Waals surface area contributed by atoms with Crippen molar-refractivity contribution in [1.82, 2.24) is 10.3 Å². The van der Waals surface area contributed by atoms with Gasteiger partial charge in [-0.2, -0.15) is 0 Å². The van der Waals surface area contributed by atoms with Crippen molar-refractivity contribution in [3.05, 3.63) is 66.0 Å². The van der Waals surface area contributed by atoms with Gasteiger partial charge in [0.25, 0.3) is 0 Å². The normalized spacial score (nSPS) is 21.9. The van der Waals surface area contributed by atoms with E-state index in [1.165, 1.54) is 24.0 Å². The Labute approximate surface area is 114 Å². The van der Waals surface area contributed by atoms with E-state index < -0.39 is 0 Å². The first-order valence-corrected chi connectivity index (χ1v) is 7.09. The van der Waals surface area contributed by atoms with Crippen LogP contribution in [-0.2, 0) is 6.42 Å². The lowest BCUT2D eigenvalue weighted by Gasteiger charge is -2.36. The second-order valence-corrected chi connectivity index (χ2v) is 5.34. The number of hydrogen-bond donors (Lipinski definition) is 1. The zero-order valence-electron chi connectivity index (χ0n) is 11.1. The second kappa shape index (κ2) is 5.98. The molecule has 1 heterocycles. The van der Waals surface area contributed by atoms with Crippen molar-refractivity contribution in [2.45, 2.75) is 31.2 Å². The summed E-state index contributed by atoms with van der Waals surface area (Å²) in [7, 11) is 0. The molecular formula is C17H20N2. The van der Waals surface area contributed by atoms with Gasteiger partial charge in [-0.05, 0) is 48.9 Å². The van der Waals surface area contributed by atoms with Gasteiger partial charge in [-0.3, -0.25) is 4.98 Å². The van der Waals surface area contributed by atoms with E-state index in [1.807, 2.05) is 18.5 Å². The minimum absolute atomic E-state index is 0.696.